The van der Waals surface area contributed by atoms with Crippen LogP contribution in [0.4, 0.5) is 22.0 Å². The smallest absolute Gasteiger partial charge is 0.426 e. The summed E-state index contributed by atoms with van der Waals surface area (Å²) in [6.45, 7) is 0. The van der Waals surface area contributed by atoms with Gasteiger partial charge in [-0.05, 0) is 24.1 Å². The Morgan fingerprint density at radius 1 is 1.05 bits per heavy atom. The van der Waals surface area contributed by atoms with Gasteiger partial charge in [0, 0.05) is 5.88 Å². The lowest BCUT2D eigenvalue weighted by molar-refractivity contribution is -0.360. The highest BCUT2D eigenvalue weighted by molar-refractivity contribution is 6.17. The Bertz CT molecular complexity index is 425. The van der Waals surface area contributed by atoms with E-state index in [0.717, 1.165) is 12.1 Å². The average Bonchev–Trinajstić information content (AvgIpc) is 2.30. The molecule has 0 heterocycles. The summed E-state index contributed by atoms with van der Waals surface area (Å²) < 4.78 is 64.5. The fraction of sp³-hybridized carbons (Fsp3) is 0.333. The summed E-state index contributed by atoms with van der Waals surface area (Å²) in [5, 5.41) is 0. The van der Waals surface area contributed by atoms with Gasteiger partial charge in [-0.25, -0.2) is 0 Å². The molecule has 0 bridgehead atoms. The summed E-state index contributed by atoms with van der Waals surface area (Å²) in [7, 11) is 0. The minimum atomic E-state index is -5.74. The number of hydrogen-bond donors (Lipinski definition) is 0. The van der Waals surface area contributed by atoms with E-state index >= 15 is 0 Å². The van der Waals surface area contributed by atoms with Crippen molar-refractivity contribution < 1.29 is 26.7 Å². The molecule has 0 amide bonds. The maximum absolute atomic E-state index is 12.6. The monoisotopic (exact) mass is 300 g/mol. The van der Waals surface area contributed by atoms with Crippen molar-refractivity contribution in [1.29, 1.82) is 0 Å². The zero-order valence-electron chi connectivity index (χ0n) is 9.55. The molecule has 0 unspecified atom stereocenters. The normalized spacial score (nSPS) is 12.9. The zero-order valence-corrected chi connectivity index (χ0v) is 10.3. The van der Waals surface area contributed by atoms with Crippen LogP contribution in [-0.4, -0.2) is 18.2 Å². The molecule has 19 heavy (non-hydrogen) atoms. The van der Waals surface area contributed by atoms with Crippen molar-refractivity contribution in [3.63, 3.8) is 0 Å². The summed E-state index contributed by atoms with van der Waals surface area (Å²) in [5.74, 6) is -0.119. The quantitative estimate of drug-likeness (QED) is 0.557. The molecule has 0 N–H and O–H groups in total. The molecule has 106 valence electrons. The maximum atomic E-state index is 12.6. The molecule has 0 aliphatic rings. The molecule has 0 aromatic heterocycles. The largest absolute Gasteiger partial charge is 0.499 e. The first kappa shape index (κ1) is 15.8. The third kappa shape index (κ3) is 4.70. The fourth-order valence-electron chi connectivity index (χ4n) is 1.14. The van der Waals surface area contributed by atoms with Gasteiger partial charge in [-0.1, -0.05) is 24.3 Å². The highest BCUT2D eigenvalue weighted by Crippen LogP contribution is 2.37. The zero-order chi connectivity index (χ0) is 14.5. The number of benzene rings is 1. The molecule has 7 heteroatoms. The molecular weight excluding hydrogens is 291 g/mol. The molecule has 0 aliphatic heterocycles. The number of hydrogen-bond acceptors (Lipinski definition) is 1. The minimum Gasteiger partial charge on any atom is -0.426 e. The van der Waals surface area contributed by atoms with Crippen LogP contribution >= 0.6 is 11.6 Å². The number of alkyl halides is 6. The summed E-state index contributed by atoms with van der Waals surface area (Å²) in [4.78, 5) is 0. The van der Waals surface area contributed by atoms with E-state index in [4.69, 9.17) is 11.6 Å². The van der Waals surface area contributed by atoms with Crippen molar-refractivity contribution in [2.24, 2.45) is 0 Å². The summed E-state index contributed by atoms with van der Waals surface area (Å²) in [6.07, 6.45) is -6.89. The number of halogens is 6. The Hall–Kier alpha value is -1.30. The van der Waals surface area contributed by atoms with Gasteiger partial charge in [-0.3, -0.25) is 0 Å². The summed E-state index contributed by atoms with van der Waals surface area (Å²) in [6, 6.07) is 4.82. The Balaban J connectivity index is 2.72. The topological polar surface area (TPSA) is 9.23 Å². The predicted molar refractivity (Wildman–Crippen MR) is 62.4 cm³/mol. The van der Waals surface area contributed by atoms with Gasteiger partial charge >= 0.3 is 12.3 Å². The second-order valence-electron chi connectivity index (χ2n) is 3.57. The molecule has 0 saturated heterocycles. The lowest BCUT2D eigenvalue weighted by atomic mass is 10.2. The van der Waals surface area contributed by atoms with E-state index < -0.39 is 18.0 Å². The molecule has 1 aromatic rings. The molecular formula is C12H10ClF5O. The third-order valence-corrected chi connectivity index (χ3v) is 2.26. The molecule has 0 radical (unpaired) electrons. The van der Waals surface area contributed by atoms with Crippen LogP contribution in [0, 0.1) is 0 Å². The van der Waals surface area contributed by atoms with Gasteiger partial charge in [0.15, 0.2) is 0 Å². The Morgan fingerprint density at radius 3 is 2.11 bits per heavy atom. The van der Waals surface area contributed by atoms with Crippen molar-refractivity contribution in [2.75, 3.05) is 5.88 Å². The van der Waals surface area contributed by atoms with E-state index in [1.165, 1.54) is 12.1 Å². The van der Waals surface area contributed by atoms with Crippen LogP contribution in [0.3, 0.4) is 0 Å². The van der Waals surface area contributed by atoms with Gasteiger partial charge in [0.2, 0.25) is 0 Å². The number of ether oxygens (including phenoxy) is 1. The lowest BCUT2D eigenvalue weighted by Crippen LogP contribution is -2.41. The number of allylic oxidation sites excluding steroid dienone is 1. The molecule has 0 atom stereocenters. The third-order valence-electron chi connectivity index (χ3n) is 2.04. The van der Waals surface area contributed by atoms with Crippen LogP contribution in [0.1, 0.15) is 12.0 Å². The first-order valence-electron chi connectivity index (χ1n) is 5.22. The molecule has 1 rings (SSSR count). The average molecular weight is 301 g/mol. The van der Waals surface area contributed by atoms with Crippen LogP contribution < -0.4 is 4.74 Å². The highest BCUT2D eigenvalue weighted by Gasteiger charge is 2.61. The van der Waals surface area contributed by atoms with E-state index in [1.54, 1.807) is 12.2 Å². The molecule has 0 aliphatic carbocycles. The standard InChI is InChI=1S/C12H10ClF5O/c13-8-2-1-3-9-4-6-10(7-5-9)19-12(17,18)11(14,15)16/h1,3-7H,2,8H2. The summed E-state index contributed by atoms with van der Waals surface area (Å²) in [5.41, 5.74) is 0.646. The van der Waals surface area contributed by atoms with E-state index in [0.29, 0.717) is 17.9 Å². The molecule has 1 aromatic carbocycles. The minimum absolute atomic E-state index is 0.440. The predicted octanol–water partition coefficient (Wildman–Crippen LogP) is 4.86. The molecule has 1 nitrogen and oxygen atoms in total. The maximum Gasteiger partial charge on any atom is 0.499 e. The lowest BCUT2D eigenvalue weighted by Gasteiger charge is -2.20. The second-order valence-corrected chi connectivity index (χ2v) is 3.94. The number of rotatable bonds is 5. The van der Waals surface area contributed by atoms with Gasteiger partial charge in [0.25, 0.3) is 0 Å². The van der Waals surface area contributed by atoms with Crippen molar-refractivity contribution in [3.05, 3.63) is 35.9 Å². The van der Waals surface area contributed by atoms with Crippen LogP contribution in [0.25, 0.3) is 6.08 Å². The first-order valence-corrected chi connectivity index (χ1v) is 5.76. The Kier molecular flexibility index (Phi) is 5.17. The highest BCUT2D eigenvalue weighted by atomic mass is 35.5. The Morgan fingerprint density at radius 2 is 1.63 bits per heavy atom. The summed E-state index contributed by atoms with van der Waals surface area (Å²) >= 11 is 5.45. The van der Waals surface area contributed by atoms with Gasteiger partial charge in [-0.15, -0.1) is 11.6 Å². The van der Waals surface area contributed by atoms with Crippen LogP contribution in [-0.2, 0) is 0 Å². The van der Waals surface area contributed by atoms with Gasteiger partial charge in [0.05, 0.1) is 0 Å². The van der Waals surface area contributed by atoms with E-state index in [9.17, 15) is 22.0 Å². The van der Waals surface area contributed by atoms with Crippen molar-refractivity contribution in [2.45, 2.75) is 18.7 Å². The van der Waals surface area contributed by atoms with Gasteiger partial charge < -0.3 is 4.74 Å². The van der Waals surface area contributed by atoms with E-state index in [-0.39, 0.29) is 0 Å². The van der Waals surface area contributed by atoms with Crippen LogP contribution in [0.5, 0.6) is 5.75 Å². The fourth-order valence-corrected chi connectivity index (χ4v) is 1.26. The Labute approximate surface area is 111 Å². The first-order chi connectivity index (χ1) is 8.76. The molecule has 0 fully saturated rings. The molecule has 0 spiro atoms. The molecule has 0 saturated carbocycles. The SMILES string of the molecule is FC(F)(F)C(F)(F)Oc1ccc(C=CCCCl)cc1. The second kappa shape index (κ2) is 6.23. The van der Waals surface area contributed by atoms with Crippen LogP contribution in [0.2, 0.25) is 0 Å². The van der Waals surface area contributed by atoms with Crippen molar-refractivity contribution >= 4 is 17.7 Å². The van der Waals surface area contributed by atoms with Gasteiger partial charge in [0.1, 0.15) is 5.75 Å². The van der Waals surface area contributed by atoms with Gasteiger partial charge in [-0.2, -0.15) is 22.0 Å². The van der Waals surface area contributed by atoms with Crippen LogP contribution in [0.15, 0.2) is 30.3 Å². The van der Waals surface area contributed by atoms with E-state index in [2.05, 4.69) is 4.74 Å². The van der Waals surface area contributed by atoms with E-state index in [1.807, 2.05) is 0 Å². The van der Waals surface area contributed by atoms with Crippen molar-refractivity contribution in [1.82, 2.24) is 0 Å². The van der Waals surface area contributed by atoms with Crippen molar-refractivity contribution in [3.8, 4) is 5.75 Å².